The zero-order valence-electron chi connectivity index (χ0n) is 45.1. The molecule has 6 heteroatoms. The van der Waals surface area contributed by atoms with Gasteiger partial charge in [0.25, 0.3) is 0 Å². The summed E-state index contributed by atoms with van der Waals surface area (Å²) in [4.78, 5) is 38.2. The van der Waals surface area contributed by atoms with E-state index in [0.717, 1.165) is 89.9 Å². The number of unbranched alkanes of at least 4 members (excludes halogenated alkanes) is 32. The first-order valence-corrected chi connectivity index (χ1v) is 29.3. The van der Waals surface area contributed by atoms with Gasteiger partial charge in [0.1, 0.15) is 13.2 Å². The van der Waals surface area contributed by atoms with Gasteiger partial charge in [0, 0.05) is 19.3 Å². The Morgan fingerprint density at radius 2 is 0.529 bits per heavy atom. The van der Waals surface area contributed by atoms with Crippen LogP contribution in [-0.2, 0) is 28.6 Å². The fraction of sp³-hybridized carbons (Fsp3) is 0.790. The number of esters is 3. The van der Waals surface area contributed by atoms with Crippen LogP contribution in [0.1, 0.15) is 297 Å². The maximum absolute atomic E-state index is 12.9. The van der Waals surface area contributed by atoms with Gasteiger partial charge in [-0.2, -0.15) is 0 Å². The lowest BCUT2D eigenvalue weighted by molar-refractivity contribution is -0.167. The van der Waals surface area contributed by atoms with Gasteiger partial charge in [0.05, 0.1) is 0 Å². The first-order valence-electron chi connectivity index (χ1n) is 29.3. The molecule has 0 aliphatic carbocycles. The summed E-state index contributed by atoms with van der Waals surface area (Å²) in [5, 5.41) is 0. The second-order valence-electron chi connectivity index (χ2n) is 19.5. The van der Waals surface area contributed by atoms with Gasteiger partial charge in [0.2, 0.25) is 0 Å². The van der Waals surface area contributed by atoms with Crippen molar-refractivity contribution in [2.45, 2.75) is 303 Å². The van der Waals surface area contributed by atoms with E-state index in [2.05, 4.69) is 81.5 Å². The third kappa shape index (κ3) is 54.1. The summed E-state index contributed by atoms with van der Waals surface area (Å²) in [7, 11) is 0. The Morgan fingerprint density at radius 3 is 0.868 bits per heavy atom. The standard InChI is InChI=1S/C62H110O6/c1-4-7-10-13-16-19-22-25-28-31-34-37-40-43-46-49-52-55-61(64)67-58-59(57-66-60(63)54-51-48-45-42-39-36-33-30-27-24-21-18-15-12-9-6-3)68-62(65)56-53-50-47-44-41-38-35-32-29-26-23-20-17-14-11-8-5-2/h16,19,21,24-26,28-30,33,59H,4-15,17-18,20,22-23,27,31-32,34-58H2,1-3H3/b19-16-,24-21-,28-25-,29-26-,33-30-. The van der Waals surface area contributed by atoms with E-state index in [0.29, 0.717) is 19.3 Å². The largest absolute Gasteiger partial charge is 0.462 e. The van der Waals surface area contributed by atoms with Crippen LogP contribution in [0.3, 0.4) is 0 Å². The van der Waals surface area contributed by atoms with Crippen molar-refractivity contribution in [1.82, 2.24) is 0 Å². The highest BCUT2D eigenvalue weighted by Gasteiger charge is 2.19. The van der Waals surface area contributed by atoms with Gasteiger partial charge >= 0.3 is 17.9 Å². The molecule has 1 atom stereocenters. The molecule has 0 spiro atoms. The Balaban J connectivity index is 4.41. The molecule has 0 fully saturated rings. The fourth-order valence-electron chi connectivity index (χ4n) is 8.26. The third-order valence-corrected chi connectivity index (χ3v) is 12.7. The molecule has 394 valence electrons. The molecule has 0 aliphatic heterocycles. The van der Waals surface area contributed by atoms with Gasteiger partial charge in [0.15, 0.2) is 6.10 Å². The molecule has 1 unspecified atom stereocenters. The van der Waals surface area contributed by atoms with E-state index in [4.69, 9.17) is 14.2 Å². The van der Waals surface area contributed by atoms with Crippen molar-refractivity contribution in [2.75, 3.05) is 13.2 Å². The van der Waals surface area contributed by atoms with Crippen LogP contribution in [0.4, 0.5) is 0 Å². The van der Waals surface area contributed by atoms with Crippen LogP contribution in [0.25, 0.3) is 0 Å². The van der Waals surface area contributed by atoms with Crippen molar-refractivity contribution in [3.05, 3.63) is 60.8 Å². The van der Waals surface area contributed by atoms with Crippen molar-refractivity contribution in [1.29, 1.82) is 0 Å². The molecule has 0 N–H and O–H groups in total. The first kappa shape index (κ1) is 65.1. The van der Waals surface area contributed by atoms with Crippen molar-refractivity contribution >= 4 is 17.9 Å². The second kappa shape index (κ2) is 56.7. The van der Waals surface area contributed by atoms with E-state index in [1.165, 1.54) is 167 Å². The minimum atomic E-state index is -0.786. The van der Waals surface area contributed by atoms with Gasteiger partial charge < -0.3 is 14.2 Å². The number of carbonyl (C=O) groups is 3. The highest BCUT2D eigenvalue weighted by molar-refractivity contribution is 5.71. The predicted molar refractivity (Wildman–Crippen MR) is 293 cm³/mol. The first-order chi connectivity index (χ1) is 33.5. The van der Waals surface area contributed by atoms with Gasteiger partial charge in [-0.3, -0.25) is 14.4 Å². The normalized spacial score (nSPS) is 12.5. The number of ether oxygens (including phenoxy) is 3. The van der Waals surface area contributed by atoms with Gasteiger partial charge in [-0.25, -0.2) is 0 Å². The van der Waals surface area contributed by atoms with E-state index < -0.39 is 6.10 Å². The highest BCUT2D eigenvalue weighted by Crippen LogP contribution is 2.15. The molecule has 0 aliphatic rings. The molecule has 0 saturated carbocycles. The Hall–Kier alpha value is -2.89. The van der Waals surface area contributed by atoms with E-state index in [9.17, 15) is 14.4 Å². The van der Waals surface area contributed by atoms with Crippen molar-refractivity contribution < 1.29 is 28.6 Å². The monoisotopic (exact) mass is 951 g/mol. The molecule has 0 aromatic heterocycles. The molecule has 0 bridgehead atoms. The maximum Gasteiger partial charge on any atom is 0.306 e. The van der Waals surface area contributed by atoms with Crippen LogP contribution in [0.2, 0.25) is 0 Å². The SMILES string of the molecule is CCCCC/C=C\C/C=C\CCCCCCCCCC(=O)OCC(COC(=O)CCCCCCC/C=C\C/C=C\CCCCCC)OC(=O)CCCCCCCCC/C=C\CCCCCCCC. The molecule has 0 heterocycles. The summed E-state index contributed by atoms with van der Waals surface area (Å²) < 4.78 is 16.9. The molecule has 68 heavy (non-hydrogen) atoms. The summed E-state index contributed by atoms with van der Waals surface area (Å²) in [6.45, 7) is 6.60. The summed E-state index contributed by atoms with van der Waals surface area (Å²) in [5.74, 6) is -0.898. The van der Waals surface area contributed by atoms with E-state index in [1.54, 1.807) is 0 Å². The van der Waals surface area contributed by atoms with Crippen LogP contribution in [0.5, 0.6) is 0 Å². The predicted octanol–water partition coefficient (Wildman–Crippen LogP) is 19.6. The number of hydrogen-bond donors (Lipinski definition) is 0. The molecule has 0 rings (SSSR count). The van der Waals surface area contributed by atoms with Gasteiger partial charge in [-0.05, 0) is 109 Å². The highest BCUT2D eigenvalue weighted by atomic mass is 16.6. The molecule has 0 radical (unpaired) electrons. The lowest BCUT2D eigenvalue weighted by Gasteiger charge is -2.18. The number of carbonyl (C=O) groups excluding carboxylic acids is 3. The number of rotatable bonds is 53. The summed E-state index contributed by atoms with van der Waals surface area (Å²) in [6, 6.07) is 0. The van der Waals surface area contributed by atoms with Crippen molar-refractivity contribution in [3.8, 4) is 0 Å². The van der Waals surface area contributed by atoms with E-state index in [-0.39, 0.29) is 31.1 Å². The average molecular weight is 952 g/mol. The van der Waals surface area contributed by atoms with Crippen LogP contribution in [0, 0.1) is 0 Å². The average Bonchev–Trinajstić information content (AvgIpc) is 3.34. The number of hydrogen-bond acceptors (Lipinski definition) is 6. The van der Waals surface area contributed by atoms with Crippen molar-refractivity contribution in [3.63, 3.8) is 0 Å². The topological polar surface area (TPSA) is 78.9 Å². The Labute approximate surface area is 421 Å². The van der Waals surface area contributed by atoms with Gasteiger partial charge in [-0.15, -0.1) is 0 Å². The molecule has 0 saturated heterocycles. The minimum Gasteiger partial charge on any atom is -0.462 e. The minimum absolute atomic E-state index is 0.0838. The molecule has 6 nitrogen and oxygen atoms in total. The zero-order valence-corrected chi connectivity index (χ0v) is 45.1. The van der Waals surface area contributed by atoms with Crippen LogP contribution >= 0.6 is 0 Å². The Bertz CT molecular complexity index is 1230. The Kier molecular flexibility index (Phi) is 54.3. The quantitative estimate of drug-likeness (QED) is 0.0262. The molecule has 0 amide bonds. The van der Waals surface area contributed by atoms with E-state index in [1.807, 2.05) is 0 Å². The summed E-state index contributed by atoms with van der Waals surface area (Å²) >= 11 is 0. The number of allylic oxidation sites excluding steroid dienone is 10. The third-order valence-electron chi connectivity index (χ3n) is 12.7. The summed E-state index contributed by atoms with van der Waals surface area (Å²) in [6.07, 6.45) is 70.6. The molecule has 0 aromatic carbocycles. The van der Waals surface area contributed by atoms with E-state index >= 15 is 0 Å². The fourth-order valence-corrected chi connectivity index (χ4v) is 8.26. The molecule has 0 aromatic rings. The van der Waals surface area contributed by atoms with Crippen LogP contribution in [-0.4, -0.2) is 37.2 Å². The maximum atomic E-state index is 12.9. The van der Waals surface area contributed by atoms with Crippen LogP contribution in [0.15, 0.2) is 60.8 Å². The van der Waals surface area contributed by atoms with Crippen LogP contribution < -0.4 is 0 Å². The van der Waals surface area contributed by atoms with Gasteiger partial charge in [-0.1, -0.05) is 229 Å². The smallest absolute Gasteiger partial charge is 0.306 e. The second-order valence-corrected chi connectivity index (χ2v) is 19.5. The summed E-state index contributed by atoms with van der Waals surface area (Å²) in [5.41, 5.74) is 0. The Morgan fingerprint density at radius 1 is 0.294 bits per heavy atom. The molecular weight excluding hydrogens is 841 g/mol. The molecular formula is C62H110O6. The zero-order chi connectivity index (χ0) is 49.3. The lowest BCUT2D eigenvalue weighted by atomic mass is 10.1. The lowest BCUT2D eigenvalue weighted by Crippen LogP contribution is -2.30. The van der Waals surface area contributed by atoms with Crippen molar-refractivity contribution in [2.24, 2.45) is 0 Å².